The molecule has 7 heteroatoms. The smallest absolute Gasteiger partial charge is 0.332 e. The van der Waals surface area contributed by atoms with Crippen LogP contribution in [0, 0.1) is 0 Å². The van der Waals surface area contributed by atoms with E-state index in [1.54, 1.807) is 6.92 Å². The van der Waals surface area contributed by atoms with E-state index in [1.807, 2.05) is 0 Å². The third kappa shape index (κ3) is 3.99. The lowest BCUT2D eigenvalue weighted by Crippen LogP contribution is -2.41. The van der Waals surface area contributed by atoms with Crippen LogP contribution in [0.3, 0.4) is 0 Å². The molecule has 0 bridgehead atoms. The lowest BCUT2D eigenvalue weighted by atomic mass is 10.1. The molecular formula is C11H17NO6. The molecule has 1 saturated heterocycles. The summed E-state index contributed by atoms with van der Waals surface area (Å²) in [6, 6.07) is -0.377. The molecule has 1 aliphatic heterocycles. The standard InChI is InChI=1S/C11H17NO6/c1-6(5-9(13)17-2)12-10(14)7-3-4-8(18-7)11(15)16/h6-8H,3-5H2,1-2H3,(H,12,14)(H,15,16)/t6?,7-,8+/m0/s1. The number of hydrogen-bond acceptors (Lipinski definition) is 5. The number of carbonyl (C=O) groups is 3. The Balaban J connectivity index is 2.37. The summed E-state index contributed by atoms with van der Waals surface area (Å²) in [4.78, 5) is 33.4. The molecule has 2 N–H and O–H groups in total. The van der Waals surface area contributed by atoms with Gasteiger partial charge in [0.25, 0.3) is 0 Å². The Morgan fingerprint density at radius 2 is 2.00 bits per heavy atom. The Labute approximate surface area is 104 Å². The second kappa shape index (κ2) is 6.34. The number of ether oxygens (including phenoxy) is 2. The summed E-state index contributed by atoms with van der Waals surface area (Å²) >= 11 is 0. The molecule has 102 valence electrons. The van der Waals surface area contributed by atoms with Crippen LogP contribution in [0.4, 0.5) is 0 Å². The van der Waals surface area contributed by atoms with Crippen molar-refractivity contribution in [2.45, 2.75) is 44.4 Å². The molecule has 1 heterocycles. The second-order valence-corrected chi connectivity index (χ2v) is 4.22. The minimum absolute atomic E-state index is 0.0668. The first kappa shape index (κ1) is 14.4. The van der Waals surface area contributed by atoms with Crippen molar-refractivity contribution < 1.29 is 29.0 Å². The fraction of sp³-hybridized carbons (Fsp3) is 0.727. The number of rotatable bonds is 5. The lowest BCUT2D eigenvalue weighted by Gasteiger charge is -2.16. The van der Waals surface area contributed by atoms with E-state index in [1.165, 1.54) is 7.11 Å². The number of carboxylic acid groups (broad SMARTS) is 1. The number of carboxylic acids is 1. The minimum atomic E-state index is -1.06. The van der Waals surface area contributed by atoms with Crippen LogP contribution < -0.4 is 5.32 Å². The molecule has 1 amide bonds. The van der Waals surface area contributed by atoms with Gasteiger partial charge in [0, 0.05) is 6.04 Å². The molecule has 0 aromatic rings. The Morgan fingerprint density at radius 3 is 2.50 bits per heavy atom. The summed E-state index contributed by atoms with van der Waals surface area (Å²) in [7, 11) is 1.27. The van der Waals surface area contributed by atoms with Crippen LogP contribution in [-0.4, -0.2) is 48.3 Å². The van der Waals surface area contributed by atoms with E-state index in [-0.39, 0.29) is 12.5 Å². The Hall–Kier alpha value is -1.63. The first-order valence-electron chi connectivity index (χ1n) is 5.69. The molecule has 3 atom stereocenters. The van der Waals surface area contributed by atoms with E-state index in [9.17, 15) is 14.4 Å². The van der Waals surface area contributed by atoms with E-state index in [0.29, 0.717) is 12.8 Å². The maximum absolute atomic E-state index is 11.7. The lowest BCUT2D eigenvalue weighted by molar-refractivity contribution is -0.151. The van der Waals surface area contributed by atoms with Gasteiger partial charge in [-0.15, -0.1) is 0 Å². The van der Waals surface area contributed by atoms with Crippen molar-refractivity contribution in [2.75, 3.05) is 7.11 Å². The third-order valence-corrected chi connectivity index (χ3v) is 2.68. The molecule has 0 aliphatic carbocycles. The molecule has 0 spiro atoms. The predicted molar refractivity (Wildman–Crippen MR) is 59.8 cm³/mol. The highest BCUT2D eigenvalue weighted by molar-refractivity contribution is 5.83. The molecule has 18 heavy (non-hydrogen) atoms. The van der Waals surface area contributed by atoms with Crippen LogP contribution in [0.5, 0.6) is 0 Å². The van der Waals surface area contributed by atoms with Gasteiger partial charge in [0.2, 0.25) is 5.91 Å². The first-order valence-corrected chi connectivity index (χ1v) is 5.69. The van der Waals surface area contributed by atoms with Crippen LogP contribution >= 0.6 is 0 Å². The number of aliphatic carboxylic acids is 1. The molecular weight excluding hydrogens is 242 g/mol. The maximum Gasteiger partial charge on any atom is 0.332 e. The summed E-state index contributed by atoms with van der Waals surface area (Å²) in [5.74, 6) is -1.87. The zero-order valence-electron chi connectivity index (χ0n) is 10.3. The van der Waals surface area contributed by atoms with Crippen LogP contribution in [0.2, 0.25) is 0 Å². The van der Waals surface area contributed by atoms with Crippen LogP contribution in [-0.2, 0) is 23.9 Å². The van der Waals surface area contributed by atoms with Gasteiger partial charge in [0.05, 0.1) is 13.5 Å². The van der Waals surface area contributed by atoms with Gasteiger partial charge in [0.1, 0.15) is 6.10 Å². The third-order valence-electron chi connectivity index (χ3n) is 2.68. The summed E-state index contributed by atoms with van der Waals surface area (Å²) in [5, 5.41) is 11.3. The van der Waals surface area contributed by atoms with E-state index >= 15 is 0 Å². The second-order valence-electron chi connectivity index (χ2n) is 4.22. The molecule has 1 unspecified atom stereocenters. The topological polar surface area (TPSA) is 102 Å². The Morgan fingerprint density at radius 1 is 1.39 bits per heavy atom. The zero-order valence-corrected chi connectivity index (χ0v) is 10.3. The molecule has 0 radical (unpaired) electrons. The van der Waals surface area contributed by atoms with Crippen molar-refractivity contribution in [3.63, 3.8) is 0 Å². The molecule has 0 aromatic carbocycles. The summed E-state index contributed by atoms with van der Waals surface area (Å²) in [6.45, 7) is 1.67. The van der Waals surface area contributed by atoms with Gasteiger partial charge in [-0.3, -0.25) is 9.59 Å². The van der Waals surface area contributed by atoms with Crippen molar-refractivity contribution >= 4 is 17.8 Å². The predicted octanol–water partition coefficient (Wildman–Crippen LogP) is -0.314. The van der Waals surface area contributed by atoms with E-state index in [4.69, 9.17) is 9.84 Å². The van der Waals surface area contributed by atoms with Crippen LogP contribution in [0.25, 0.3) is 0 Å². The zero-order chi connectivity index (χ0) is 13.7. The normalized spacial score (nSPS) is 24.3. The molecule has 1 fully saturated rings. The Kier molecular flexibility index (Phi) is 5.08. The van der Waals surface area contributed by atoms with Gasteiger partial charge in [-0.1, -0.05) is 0 Å². The van der Waals surface area contributed by atoms with Crippen molar-refractivity contribution in [1.82, 2.24) is 5.32 Å². The van der Waals surface area contributed by atoms with Crippen molar-refractivity contribution in [3.8, 4) is 0 Å². The molecule has 1 rings (SSSR count). The average molecular weight is 259 g/mol. The van der Waals surface area contributed by atoms with E-state index in [0.717, 1.165) is 0 Å². The minimum Gasteiger partial charge on any atom is -0.479 e. The monoisotopic (exact) mass is 259 g/mol. The van der Waals surface area contributed by atoms with Gasteiger partial charge >= 0.3 is 11.9 Å². The van der Waals surface area contributed by atoms with Gasteiger partial charge < -0.3 is 19.9 Å². The summed E-state index contributed by atoms with van der Waals surface area (Å²) in [6.07, 6.45) is -0.924. The average Bonchev–Trinajstić information content (AvgIpc) is 2.77. The van der Waals surface area contributed by atoms with Gasteiger partial charge in [-0.05, 0) is 19.8 Å². The van der Waals surface area contributed by atoms with Gasteiger partial charge in [0.15, 0.2) is 6.10 Å². The fourth-order valence-electron chi connectivity index (χ4n) is 1.73. The number of amides is 1. The number of methoxy groups -OCH3 is 1. The fourth-order valence-corrected chi connectivity index (χ4v) is 1.73. The largest absolute Gasteiger partial charge is 0.479 e. The molecule has 0 saturated carbocycles. The van der Waals surface area contributed by atoms with Crippen molar-refractivity contribution in [2.24, 2.45) is 0 Å². The summed E-state index contributed by atoms with van der Waals surface area (Å²) in [5.41, 5.74) is 0. The number of nitrogens with one attached hydrogen (secondary N) is 1. The van der Waals surface area contributed by atoms with Crippen molar-refractivity contribution in [3.05, 3.63) is 0 Å². The van der Waals surface area contributed by atoms with Crippen LogP contribution in [0.15, 0.2) is 0 Å². The van der Waals surface area contributed by atoms with E-state index in [2.05, 4.69) is 10.1 Å². The van der Waals surface area contributed by atoms with Crippen LogP contribution in [0.1, 0.15) is 26.2 Å². The molecule has 7 nitrogen and oxygen atoms in total. The van der Waals surface area contributed by atoms with E-state index < -0.39 is 30.1 Å². The quantitative estimate of drug-likeness (QED) is 0.656. The summed E-state index contributed by atoms with van der Waals surface area (Å²) < 4.78 is 9.57. The highest BCUT2D eigenvalue weighted by Gasteiger charge is 2.35. The highest BCUT2D eigenvalue weighted by atomic mass is 16.5. The highest BCUT2D eigenvalue weighted by Crippen LogP contribution is 2.20. The van der Waals surface area contributed by atoms with Crippen molar-refractivity contribution in [1.29, 1.82) is 0 Å². The Bertz CT molecular complexity index is 342. The SMILES string of the molecule is COC(=O)CC(C)NC(=O)[C@@H]1CC[C@H](C(=O)O)O1. The number of esters is 1. The maximum atomic E-state index is 11.7. The first-order chi connectivity index (χ1) is 8.43. The number of hydrogen-bond donors (Lipinski definition) is 2. The van der Waals surface area contributed by atoms with Gasteiger partial charge in [-0.25, -0.2) is 4.79 Å². The van der Waals surface area contributed by atoms with Gasteiger partial charge in [-0.2, -0.15) is 0 Å². The number of carbonyl (C=O) groups excluding carboxylic acids is 2. The molecule has 0 aromatic heterocycles. The molecule has 1 aliphatic rings.